The molecule has 0 aliphatic carbocycles. The van der Waals surface area contributed by atoms with Gasteiger partial charge in [0, 0.05) is 37.0 Å². The van der Waals surface area contributed by atoms with Crippen molar-refractivity contribution < 1.29 is 27.9 Å². The molecule has 4 aromatic rings. The molecule has 0 saturated heterocycles. The lowest BCUT2D eigenvalue weighted by atomic mass is 10.00. The van der Waals surface area contributed by atoms with Crippen LogP contribution in [0.25, 0.3) is 0 Å². The third-order valence-electron chi connectivity index (χ3n) is 6.89. The van der Waals surface area contributed by atoms with Crippen molar-refractivity contribution in [3.63, 3.8) is 0 Å². The molecule has 1 heterocycles. The quantitative estimate of drug-likeness (QED) is 0.182. The van der Waals surface area contributed by atoms with E-state index in [1.54, 1.807) is 6.07 Å². The van der Waals surface area contributed by atoms with Gasteiger partial charge in [0.2, 0.25) is 16.0 Å². The highest BCUT2D eigenvalue weighted by Crippen LogP contribution is 2.27. The molecule has 3 unspecified atom stereocenters. The summed E-state index contributed by atoms with van der Waals surface area (Å²) >= 11 is 0. The van der Waals surface area contributed by atoms with Gasteiger partial charge in [-0.05, 0) is 29.7 Å². The molecule has 0 aliphatic heterocycles. The van der Waals surface area contributed by atoms with E-state index < -0.39 is 34.0 Å². The number of H-pyrrole nitrogens is 1. The number of nitrogens with one attached hydrogen (secondary N) is 3. The number of imidazole rings is 1. The highest BCUT2D eigenvalue weighted by Gasteiger charge is 2.29. The number of sulfonamides is 1. The van der Waals surface area contributed by atoms with Crippen molar-refractivity contribution in [3.8, 4) is 5.75 Å². The number of amides is 2. The lowest BCUT2D eigenvalue weighted by Crippen LogP contribution is -2.50. The fourth-order valence-corrected chi connectivity index (χ4v) is 4.83. The zero-order chi connectivity index (χ0) is 31.0. The number of aromatic amines is 1. The number of carbonyl (C=O) groups is 2. The van der Waals surface area contributed by atoms with Crippen LogP contribution in [0.5, 0.6) is 5.75 Å². The number of hydrogen-bond donors (Lipinski definition) is 4. The Balaban J connectivity index is 1.60. The highest BCUT2D eigenvalue weighted by atomic mass is 32.2. The molecule has 12 heteroatoms. The van der Waals surface area contributed by atoms with Crippen LogP contribution < -0.4 is 19.7 Å². The number of aliphatic hydroxyl groups is 1. The van der Waals surface area contributed by atoms with Gasteiger partial charge in [0.1, 0.15) is 5.75 Å². The molecule has 0 fully saturated rings. The van der Waals surface area contributed by atoms with Crippen molar-refractivity contribution >= 4 is 33.5 Å². The van der Waals surface area contributed by atoms with Crippen molar-refractivity contribution in [3.05, 3.63) is 108 Å². The number of hydrogen-bond acceptors (Lipinski definition) is 7. The number of rotatable bonds is 13. The van der Waals surface area contributed by atoms with Crippen LogP contribution in [0.3, 0.4) is 0 Å². The van der Waals surface area contributed by atoms with Crippen LogP contribution in [-0.2, 0) is 21.2 Å². The maximum Gasteiger partial charge on any atom is 0.257 e. The molecule has 0 aliphatic rings. The first-order chi connectivity index (χ1) is 20.5. The molecular formula is C31H35N5O6S. The monoisotopic (exact) mass is 605 g/mol. The molecule has 0 bridgehead atoms. The van der Waals surface area contributed by atoms with Crippen LogP contribution in [0.15, 0.2) is 91.3 Å². The molecule has 3 atom stereocenters. The van der Waals surface area contributed by atoms with Crippen LogP contribution in [0.2, 0.25) is 0 Å². The molecule has 4 N–H and O–H groups in total. The molecule has 2 amide bonds. The number of anilines is 2. The minimum Gasteiger partial charge on any atom is -0.493 e. The van der Waals surface area contributed by atoms with Gasteiger partial charge < -0.3 is 20.1 Å². The van der Waals surface area contributed by atoms with Crippen molar-refractivity contribution in [2.24, 2.45) is 0 Å². The first-order valence-electron chi connectivity index (χ1n) is 13.6. The predicted molar refractivity (Wildman–Crippen MR) is 165 cm³/mol. The van der Waals surface area contributed by atoms with Gasteiger partial charge in [-0.1, -0.05) is 67.6 Å². The first-order valence-corrected chi connectivity index (χ1v) is 15.5. The predicted octanol–water partition coefficient (Wildman–Crippen LogP) is 3.33. The summed E-state index contributed by atoms with van der Waals surface area (Å²) in [7, 11) is -2.28. The fraction of sp³-hybridized carbons (Fsp3) is 0.258. The van der Waals surface area contributed by atoms with E-state index in [1.807, 2.05) is 67.6 Å². The van der Waals surface area contributed by atoms with Crippen LogP contribution in [0, 0.1) is 0 Å². The van der Waals surface area contributed by atoms with Crippen LogP contribution >= 0.6 is 0 Å². The van der Waals surface area contributed by atoms with Gasteiger partial charge in [0.25, 0.3) is 11.8 Å². The van der Waals surface area contributed by atoms with Gasteiger partial charge in [0.05, 0.1) is 24.6 Å². The third-order valence-corrected chi connectivity index (χ3v) is 8.09. The van der Waals surface area contributed by atoms with Crippen LogP contribution in [0.1, 0.15) is 34.3 Å². The highest BCUT2D eigenvalue weighted by molar-refractivity contribution is 7.92. The van der Waals surface area contributed by atoms with E-state index in [0.29, 0.717) is 0 Å². The van der Waals surface area contributed by atoms with Gasteiger partial charge in [-0.2, -0.15) is 0 Å². The summed E-state index contributed by atoms with van der Waals surface area (Å²) in [6, 6.07) is 22.3. The second-order valence-corrected chi connectivity index (χ2v) is 12.2. The largest absolute Gasteiger partial charge is 0.493 e. The number of benzene rings is 3. The van der Waals surface area contributed by atoms with E-state index in [9.17, 15) is 23.1 Å². The van der Waals surface area contributed by atoms with Gasteiger partial charge >= 0.3 is 0 Å². The first kappa shape index (κ1) is 31.3. The number of aliphatic hydroxyl groups excluding tert-OH is 1. The van der Waals surface area contributed by atoms with E-state index >= 15 is 0 Å². The van der Waals surface area contributed by atoms with Crippen molar-refractivity contribution in [2.45, 2.75) is 31.4 Å². The minimum absolute atomic E-state index is 0.0212. The second kappa shape index (κ2) is 14.0. The zero-order valence-electron chi connectivity index (χ0n) is 24.1. The summed E-state index contributed by atoms with van der Waals surface area (Å²) in [4.78, 5) is 33.2. The van der Waals surface area contributed by atoms with Crippen molar-refractivity contribution in [1.29, 1.82) is 0 Å². The van der Waals surface area contributed by atoms with Crippen molar-refractivity contribution in [2.75, 3.05) is 29.5 Å². The summed E-state index contributed by atoms with van der Waals surface area (Å²) in [5.74, 6) is -0.933. The summed E-state index contributed by atoms with van der Waals surface area (Å²) in [5, 5.41) is 16.3. The molecule has 0 spiro atoms. The van der Waals surface area contributed by atoms with Crippen LogP contribution in [-0.4, -0.2) is 67.4 Å². The Morgan fingerprint density at radius 2 is 1.72 bits per heavy atom. The maximum atomic E-state index is 13.6. The van der Waals surface area contributed by atoms with E-state index in [-0.39, 0.29) is 41.9 Å². The lowest BCUT2D eigenvalue weighted by Gasteiger charge is -2.24. The molecule has 11 nitrogen and oxygen atoms in total. The summed E-state index contributed by atoms with van der Waals surface area (Å²) in [6.45, 7) is 2.28. The van der Waals surface area contributed by atoms with E-state index in [2.05, 4.69) is 20.6 Å². The normalized spacial score (nSPS) is 13.4. The Morgan fingerprint density at radius 1 is 1.05 bits per heavy atom. The van der Waals surface area contributed by atoms with Gasteiger partial charge in [0.15, 0.2) is 6.10 Å². The van der Waals surface area contributed by atoms with E-state index in [1.165, 1.54) is 31.6 Å². The molecule has 1 aromatic heterocycles. The minimum atomic E-state index is -3.66. The fourth-order valence-electron chi connectivity index (χ4n) is 4.34. The average molecular weight is 606 g/mol. The third kappa shape index (κ3) is 8.66. The summed E-state index contributed by atoms with van der Waals surface area (Å²) in [6.07, 6.45) is 2.53. The molecular weight excluding hydrogens is 570 g/mol. The van der Waals surface area contributed by atoms with Gasteiger partial charge in [-0.25, -0.2) is 13.4 Å². The zero-order valence-corrected chi connectivity index (χ0v) is 24.9. The Hall–Kier alpha value is -4.68. The average Bonchev–Trinajstić information content (AvgIpc) is 3.52. The number of aromatic nitrogens is 2. The Kier molecular flexibility index (Phi) is 10.2. The van der Waals surface area contributed by atoms with Gasteiger partial charge in [-0.3, -0.25) is 19.2 Å². The summed E-state index contributed by atoms with van der Waals surface area (Å²) in [5.41, 5.74) is 2.15. The van der Waals surface area contributed by atoms with E-state index in [0.717, 1.165) is 21.7 Å². The topological polar surface area (TPSA) is 154 Å². The Morgan fingerprint density at radius 3 is 2.35 bits per heavy atom. The Bertz CT molecular complexity index is 1620. The lowest BCUT2D eigenvalue weighted by molar-refractivity contribution is -0.125. The van der Waals surface area contributed by atoms with E-state index in [4.69, 9.17) is 4.74 Å². The second-order valence-electron chi connectivity index (χ2n) is 10.2. The standard InChI is InChI=1S/C31H35N5O6S/c1-21(23-12-8-5-9-13-23)20-42-26-18-24(17-25(19-26)36(2)43(3,40)41)29(38)34-27(16-22-10-6-4-7-11-22)28(37)30(39)35-31-32-14-15-33-31/h4-15,17-19,21,27-28,37H,16,20H2,1-3H3,(H,34,38)(H2,32,33,35,39). The number of ether oxygens (including phenoxy) is 1. The SMILES string of the molecule is CC(COc1cc(C(=O)NC(Cc2ccccc2)C(O)C(=O)Nc2ncc[nH]2)cc(N(C)S(C)(=O)=O)c1)c1ccccc1. The maximum absolute atomic E-state index is 13.6. The molecule has 3 aromatic carbocycles. The molecule has 43 heavy (non-hydrogen) atoms. The summed E-state index contributed by atoms with van der Waals surface area (Å²) < 4.78 is 31.8. The molecule has 0 saturated carbocycles. The Labute approximate surface area is 251 Å². The van der Waals surface area contributed by atoms with Gasteiger partial charge in [-0.15, -0.1) is 0 Å². The van der Waals surface area contributed by atoms with Crippen molar-refractivity contribution in [1.82, 2.24) is 15.3 Å². The molecule has 4 rings (SSSR count). The number of carbonyl (C=O) groups excluding carboxylic acids is 2. The number of nitrogens with zero attached hydrogens (tertiary/aromatic N) is 2. The molecule has 226 valence electrons. The van der Waals surface area contributed by atoms with Crippen LogP contribution in [0.4, 0.5) is 11.6 Å². The molecule has 0 radical (unpaired) electrons. The smallest absolute Gasteiger partial charge is 0.257 e.